The number of urea groups is 1. The Hall–Kier alpha value is -2.56. The first-order chi connectivity index (χ1) is 11.1. The Balaban J connectivity index is 2.03. The van der Waals surface area contributed by atoms with Crippen molar-refractivity contribution in [3.05, 3.63) is 71.6 Å². The molecule has 3 rings (SSSR count). The second-order valence-electron chi connectivity index (χ2n) is 5.47. The Kier molecular flexibility index (Phi) is 4.19. The summed E-state index contributed by atoms with van der Waals surface area (Å²) in [7, 11) is 7.36. The van der Waals surface area contributed by atoms with Gasteiger partial charge in [-0.15, -0.1) is 0 Å². The maximum Gasteiger partial charge on any atom is 0.318 e. The molecule has 0 saturated heterocycles. The molecule has 2 aromatic rings. The lowest BCUT2D eigenvalue weighted by Crippen LogP contribution is -2.38. The third kappa shape index (κ3) is 3.00. The number of halogens is 1. The van der Waals surface area contributed by atoms with Crippen molar-refractivity contribution >= 4 is 24.9 Å². The number of benzene rings is 2. The molecule has 23 heavy (non-hydrogen) atoms. The van der Waals surface area contributed by atoms with Crippen LogP contribution in [-0.4, -0.2) is 32.4 Å². The summed E-state index contributed by atoms with van der Waals surface area (Å²) in [6.45, 7) is 0.333. The second kappa shape index (κ2) is 6.28. The summed E-state index contributed by atoms with van der Waals surface area (Å²) in [5.74, 6) is -0.337. The van der Waals surface area contributed by atoms with Gasteiger partial charge in [0.25, 0.3) is 0 Å². The van der Waals surface area contributed by atoms with Gasteiger partial charge in [0.2, 0.25) is 0 Å². The highest BCUT2D eigenvalue weighted by atomic mass is 19.1. The van der Waals surface area contributed by atoms with Crippen molar-refractivity contribution < 1.29 is 9.18 Å². The van der Waals surface area contributed by atoms with Gasteiger partial charge in [-0.2, -0.15) is 0 Å². The van der Waals surface area contributed by atoms with Crippen molar-refractivity contribution in [2.24, 2.45) is 0 Å². The van der Waals surface area contributed by atoms with E-state index in [1.54, 1.807) is 18.0 Å². The first-order valence-electron chi connectivity index (χ1n) is 7.39. The maximum atomic E-state index is 14.1. The van der Waals surface area contributed by atoms with Crippen molar-refractivity contribution in [1.82, 2.24) is 10.2 Å². The minimum absolute atomic E-state index is 0.200. The number of nitrogens with one attached hydrogen (secondary N) is 1. The van der Waals surface area contributed by atoms with E-state index in [0.717, 1.165) is 11.1 Å². The quantitative estimate of drug-likeness (QED) is 0.849. The largest absolute Gasteiger partial charge is 0.341 e. The van der Waals surface area contributed by atoms with Crippen LogP contribution in [0, 0.1) is 5.82 Å². The van der Waals surface area contributed by atoms with Crippen LogP contribution in [0.3, 0.4) is 0 Å². The zero-order valence-electron chi connectivity index (χ0n) is 12.8. The van der Waals surface area contributed by atoms with Gasteiger partial charge in [0, 0.05) is 19.2 Å². The van der Waals surface area contributed by atoms with Crippen LogP contribution < -0.4 is 10.8 Å². The molecule has 5 heteroatoms. The number of rotatable bonds is 2. The first kappa shape index (κ1) is 15.3. The van der Waals surface area contributed by atoms with Crippen molar-refractivity contribution in [2.75, 3.05) is 13.6 Å². The van der Waals surface area contributed by atoms with Gasteiger partial charge in [-0.1, -0.05) is 54.0 Å². The van der Waals surface area contributed by atoms with Crippen molar-refractivity contribution in [3.63, 3.8) is 0 Å². The highest BCUT2D eigenvalue weighted by molar-refractivity contribution is 6.32. The van der Waals surface area contributed by atoms with Gasteiger partial charge in [-0.05, 0) is 17.2 Å². The lowest BCUT2D eigenvalue weighted by atomic mass is 9.92. The van der Waals surface area contributed by atoms with Gasteiger partial charge < -0.3 is 10.2 Å². The van der Waals surface area contributed by atoms with Crippen LogP contribution in [0.4, 0.5) is 9.18 Å². The molecule has 0 saturated carbocycles. The third-order valence-corrected chi connectivity index (χ3v) is 3.99. The van der Waals surface area contributed by atoms with Gasteiger partial charge in [-0.25, -0.2) is 9.18 Å². The van der Waals surface area contributed by atoms with E-state index < -0.39 is 0 Å². The first-order valence-corrected chi connectivity index (χ1v) is 7.39. The van der Waals surface area contributed by atoms with E-state index in [0.29, 0.717) is 17.6 Å². The summed E-state index contributed by atoms with van der Waals surface area (Å²) < 4.78 is 14.1. The molecule has 0 fully saturated rings. The molecule has 1 heterocycles. The fourth-order valence-electron chi connectivity index (χ4n) is 2.85. The predicted octanol–water partition coefficient (Wildman–Crippen LogP) is 2.40. The van der Waals surface area contributed by atoms with Crippen molar-refractivity contribution in [1.29, 1.82) is 0 Å². The van der Waals surface area contributed by atoms with Gasteiger partial charge in [-0.3, -0.25) is 0 Å². The van der Waals surface area contributed by atoms with Crippen LogP contribution in [-0.2, 0) is 0 Å². The van der Waals surface area contributed by atoms with E-state index >= 15 is 0 Å². The van der Waals surface area contributed by atoms with E-state index in [2.05, 4.69) is 5.32 Å². The monoisotopic (exact) mass is 306 g/mol. The number of carbonyl (C=O) groups excluding carboxylic acids is 1. The number of hydrogen-bond donors (Lipinski definition) is 1. The van der Waals surface area contributed by atoms with Crippen LogP contribution in [0.1, 0.15) is 17.2 Å². The summed E-state index contributed by atoms with van der Waals surface area (Å²) in [5.41, 5.74) is 2.68. The summed E-state index contributed by atoms with van der Waals surface area (Å²) in [4.78, 5) is 13.9. The number of hydrogen-bond acceptors (Lipinski definition) is 1. The highest BCUT2D eigenvalue weighted by Gasteiger charge is 2.30. The van der Waals surface area contributed by atoms with Crippen molar-refractivity contribution in [3.8, 4) is 0 Å². The van der Waals surface area contributed by atoms with Crippen LogP contribution in [0.5, 0.6) is 0 Å². The fraction of sp³-hybridized carbons (Fsp3) is 0.167. The summed E-state index contributed by atoms with van der Waals surface area (Å²) in [6.07, 6.45) is 1.92. The Morgan fingerprint density at radius 2 is 2.00 bits per heavy atom. The standard InChI is InChI=1S/C18H16BFN2O/c1-21-18(23)22-11-13(15-10-14(19)7-8-16(15)20)9-17(22)12-5-3-2-4-6-12/h2-10,17H,11H2,1H3,(H,21,23). The van der Waals surface area contributed by atoms with Crippen LogP contribution in [0.2, 0.25) is 0 Å². The topological polar surface area (TPSA) is 32.3 Å². The Morgan fingerprint density at radius 1 is 1.26 bits per heavy atom. The fourth-order valence-corrected chi connectivity index (χ4v) is 2.85. The molecule has 1 atom stereocenters. The van der Waals surface area contributed by atoms with E-state index in [1.165, 1.54) is 12.1 Å². The smallest absolute Gasteiger partial charge is 0.318 e. The molecule has 2 radical (unpaired) electrons. The zero-order valence-corrected chi connectivity index (χ0v) is 12.8. The molecular weight excluding hydrogens is 290 g/mol. The summed E-state index contributed by atoms with van der Waals surface area (Å²) in [5, 5.41) is 2.64. The van der Waals surface area contributed by atoms with Crippen LogP contribution >= 0.6 is 0 Å². The van der Waals surface area contributed by atoms with Gasteiger partial charge in [0.15, 0.2) is 0 Å². The molecule has 0 aromatic heterocycles. The molecule has 1 unspecified atom stereocenters. The molecule has 2 aromatic carbocycles. The van der Waals surface area contributed by atoms with E-state index in [1.807, 2.05) is 36.4 Å². The van der Waals surface area contributed by atoms with Crippen molar-refractivity contribution in [2.45, 2.75) is 6.04 Å². The molecule has 1 aliphatic heterocycles. The van der Waals surface area contributed by atoms with E-state index in [-0.39, 0.29) is 17.9 Å². The summed E-state index contributed by atoms with van der Waals surface area (Å²) in [6, 6.07) is 13.7. The normalized spacial score (nSPS) is 17.0. The molecule has 0 bridgehead atoms. The van der Waals surface area contributed by atoms with Crippen LogP contribution in [0.15, 0.2) is 54.6 Å². The average Bonchev–Trinajstić information content (AvgIpc) is 3.02. The molecule has 1 N–H and O–H groups in total. The molecule has 0 aliphatic carbocycles. The molecular formula is C18H16BFN2O. The number of carbonyl (C=O) groups is 1. The molecule has 1 aliphatic rings. The molecule has 3 nitrogen and oxygen atoms in total. The van der Waals surface area contributed by atoms with Gasteiger partial charge in [0.1, 0.15) is 13.7 Å². The predicted molar refractivity (Wildman–Crippen MR) is 90.1 cm³/mol. The molecule has 2 amide bonds. The highest BCUT2D eigenvalue weighted by Crippen LogP contribution is 2.35. The minimum Gasteiger partial charge on any atom is -0.341 e. The minimum atomic E-state index is -0.337. The van der Waals surface area contributed by atoms with Gasteiger partial charge in [0.05, 0.1) is 6.04 Å². The molecule has 0 spiro atoms. The summed E-state index contributed by atoms with van der Waals surface area (Å²) >= 11 is 0. The Morgan fingerprint density at radius 3 is 2.70 bits per heavy atom. The zero-order chi connectivity index (χ0) is 16.4. The van der Waals surface area contributed by atoms with E-state index in [9.17, 15) is 9.18 Å². The lowest BCUT2D eigenvalue weighted by molar-refractivity contribution is 0.200. The van der Waals surface area contributed by atoms with Crippen LogP contribution in [0.25, 0.3) is 5.57 Å². The Labute approximate surface area is 136 Å². The second-order valence-corrected chi connectivity index (χ2v) is 5.47. The van der Waals surface area contributed by atoms with E-state index in [4.69, 9.17) is 7.85 Å². The van der Waals surface area contributed by atoms with Gasteiger partial charge >= 0.3 is 6.03 Å². The third-order valence-electron chi connectivity index (χ3n) is 3.99. The SMILES string of the molecule is [B]c1ccc(F)c(C2=CC(c3ccccc3)N(C(=O)NC)C2)c1. The number of nitrogens with zero attached hydrogens (tertiary/aromatic N) is 1. The Bertz CT molecular complexity index is 761. The maximum absolute atomic E-state index is 14.1. The molecule has 114 valence electrons. The average molecular weight is 306 g/mol. The number of amides is 2. The lowest BCUT2D eigenvalue weighted by Gasteiger charge is -2.24.